The van der Waals surface area contributed by atoms with Gasteiger partial charge in [-0.2, -0.15) is 0 Å². The highest BCUT2D eigenvalue weighted by Gasteiger charge is 2.14. The largest absolute Gasteiger partial charge is 0.340 e. The van der Waals surface area contributed by atoms with E-state index in [0.717, 1.165) is 41.1 Å². The molecule has 0 fully saturated rings. The minimum atomic E-state index is 0.537. The molecule has 0 aliphatic rings. The third-order valence-electron chi connectivity index (χ3n) is 3.43. The van der Waals surface area contributed by atoms with Gasteiger partial charge >= 0.3 is 0 Å². The summed E-state index contributed by atoms with van der Waals surface area (Å²) in [5.74, 6) is 0.927. The number of aromatic nitrogens is 4. The molecule has 0 radical (unpaired) electrons. The number of fused-ring (bicyclic) bond motifs is 1. The molecular formula is C15H19N5. The minimum absolute atomic E-state index is 0.537. The Morgan fingerprint density at radius 2 is 2.15 bits per heavy atom. The molecule has 0 unspecified atom stereocenters. The molecule has 0 saturated carbocycles. The van der Waals surface area contributed by atoms with Crippen molar-refractivity contribution in [2.24, 2.45) is 12.8 Å². The van der Waals surface area contributed by atoms with Crippen molar-refractivity contribution in [2.45, 2.75) is 26.4 Å². The van der Waals surface area contributed by atoms with Crippen LogP contribution in [0.25, 0.3) is 22.6 Å². The van der Waals surface area contributed by atoms with E-state index in [-0.39, 0.29) is 0 Å². The Bertz CT molecular complexity index is 738. The molecule has 0 atom stereocenters. The lowest BCUT2D eigenvalue weighted by atomic mass is 10.2. The minimum Gasteiger partial charge on any atom is -0.340 e. The highest BCUT2D eigenvalue weighted by Crippen LogP contribution is 2.24. The lowest BCUT2D eigenvalue weighted by Gasteiger charge is -2.05. The lowest BCUT2D eigenvalue weighted by molar-refractivity contribution is 0.703. The van der Waals surface area contributed by atoms with E-state index in [4.69, 9.17) is 10.7 Å². The molecule has 5 nitrogen and oxygen atoms in total. The Morgan fingerprint density at radius 3 is 2.80 bits per heavy atom. The molecule has 1 aromatic carbocycles. The van der Waals surface area contributed by atoms with E-state index in [1.807, 2.05) is 17.8 Å². The first-order valence-corrected chi connectivity index (χ1v) is 6.90. The van der Waals surface area contributed by atoms with Crippen LogP contribution < -0.4 is 5.73 Å². The van der Waals surface area contributed by atoms with Crippen molar-refractivity contribution >= 4 is 11.0 Å². The van der Waals surface area contributed by atoms with Gasteiger partial charge < -0.3 is 14.9 Å². The molecule has 0 bridgehead atoms. The monoisotopic (exact) mass is 269 g/mol. The lowest BCUT2D eigenvalue weighted by Crippen LogP contribution is -2.00. The van der Waals surface area contributed by atoms with Gasteiger partial charge in [-0.25, -0.2) is 9.97 Å². The summed E-state index contributed by atoms with van der Waals surface area (Å²) in [6.45, 7) is 3.64. The van der Waals surface area contributed by atoms with Gasteiger partial charge in [0, 0.05) is 26.3 Å². The number of aryl methyl sites for hydroxylation is 2. The van der Waals surface area contributed by atoms with Crippen molar-refractivity contribution in [3.8, 4) is 11.5 Å². The number of rotatable bonds is 4. The first-order chi connectivity index (χ1) is 9.72. The van der Waals surface area contributed by atoms with Crippen molar-refractivity contribution < 1.29 is 0 Å². The summed E-state index contributed by atoms with van der Waals surface area (Å²) in [7, 11) is 1.97. The predicted octanol–water partition coefficient (Wildman–Crippen LogP) is 2.31. The number of imidazole rings is 2. The second-order valence-corrected chi connectivity index (χ2v) is 5.04. The number of benzene rings is 1. The highest BCUT2D eigenvalue weighted by atomic mass is 15.1. The Labute approximate surface area is 118 Å². The Kier molecular flexibility index (Phi) is 3.28. The van der Waals surface area contributed by atoms with Crippen LogP contribution in [0.4, 0.5) is 0 Å². The molecule has 2 aromatic heterocycles. The molecule has 20 heavy (non-hydrogen) atoms. The summed E-state index contributed by atoms with van der Waals surface area (Å²) >= 11 is 0. The molecule has 3 aromatic rings. The normalized spacial score (nSPS) is 11.3. The second kappa shape index (κ2) is 5.09. The van der Waals surface area contributed by atoms with E-state index >= 15 is 0 Å². The Balaban J connectivity index is 2.21. The van der Waals surface area contributed by atoms with Gasteiger partial charge in [0.15, 0.2) is 5.82 Å². The van der Waals surface area contributed by atoms with Gasteiger partial charge in [-0.15, -0.1) is 0 Å². The van der Waals surface area contributed by atoms with Crippen LogP contribution >= 0.6 is 0 Å². The zero-order valence-electron chi connectivity index (χ0n) is 11.9. The van der Waals surface area contributed by atoms with E-state index in [9.17, 15) is 0 Å². The molecule has 2 N–H and O–H groups in total. The van der Waals surface area contributed by atoms with E-state index in [0.29, 0.717) is 6.54 Å². The third kappa shape index (κ3) is 2.10. The van der Waals surface area contributed by atoms with Gasteiger partial charge in [-0.05, 0) is 24.1 Å². The van der Waals surface area contributed by atoms with Crippen LogP contribution in [0.2, 0.25) is 0 Å². The highest BCUT2D eigenvalue weighted by molar-refractivity contribution is 5.80. The van der Waals surface area contributed by atoms with Crippen LogP contribution in [0.1, 0.15) is 18.9 Å². The summed E-state index contributed by atoms with van der Waals surface area (Å²) in [5, 5.41) is 0. The molecule has 104 valence electrons. The van der Waals surface area contributed by atoms with Crippen LogP contribution in [0, 0.1) is 0 Å². The molecule has 0 aliphatic carbocycles. The smallest absolute Gasteiger partial charge is 0.161 e. The molecule has 2 heterocycles. The van der Waals surface area contributed by atoms with Crippen molar-refractivity contribution in [1.29, 1.82) is 0 Å². The SMILES string of the molecule is CCCn1c(-c2cn(C)cn2)nc2cc(CN)ccc21. The maximum absolute atomic E-state index is 5.71. The van der Waals surface area contributed by atoms with E-state index in [1.54, 1.807) is 6.33 Å². The fourth-order valence-corrected chi connectivity index (χ4v) is 2.48. The molecular weight excluding hydrogens is 250 g/mol. The first-order valence-electron chi connectivity index (χ1n) is 6.90. The number of nitrogens with zero attached hydrogens (tertiary/aromatic N) is 4. The zero-order chi connectivity index (χ0) is 14.1. The van der Waals surface area contributed by atoms with Crippen LogP contribution in [0.15, 0.2) is 30.7 Å². The number of hydrogen-bond donors (Lipinski definition) is 1. The Morgan fingerprint density at radius 1 is 1.30 bits per heavy atom. The van der Waals surface area contributed by atoms with Crippen molar-refractivity contribution in [3.63, 3.8) is 0 Å². The molecule has 0 amide bonds. The van der Waals surface area contributed by atoms with E-state index in [1.165, 1.54) is 0 Å². The average Bonchev–Trinajstić information content (AvgIpc) is 3.03. The van der Waals surface area contributed by atoms with Crippen molar-refractivity contribution in [3.05, 3.63) is 36.3 Å². The molecule has 3 rings (SSSR count). The van der Waals surface area contributed by atoms with Crippen molar-refractivity contribution in [1.82, 2.24) is 19.1 Å². The number of nitrogens with two attached hydrogens (primary N) is 1. The van der Waals surface area contributed by atoms with Crippen LogP contribution in [0.3, 0.4) is 0 Å². The molecule has 5 heteroatoms. The maximum Gasteiger partial charge on any atom is 0.161 e. The molecule has 0 spiro atoms. The molecule has 0 saturated heterocycles. The predicted molar refractivity (Wildman–Crippen MR) is 80.1 cm³/mol. The van der Waals surface area contributed by atoms with E-state index < -0.39 is 0 Å². The zero-order valence-corrected chi connectivity index (χ0v) is 11.9. The quantitative estimate of drug-likeness (QED) is 0.790. The number of hydrogen-bond acceptors (Lipinski definition) is 3. The second-order valence-electron chi connectivity index (χ2n) is 5.04. The van der Waals surface area contributed by atoms with Gasteiger partial charge in [-0.3, -0.25) is 0 Å². The van der Waals surface area contributed by atoms with Crippen LogP contribution in [0.5, 0.6) is 0 Å². The van der Waals surface area contributed by atoms with Gasteiger partial charge in [0.05, 0.1) is 17.4 Å². The summed E-state index contributed by atoms with van der Waals surface area (Å²) in [6, 6.07) is 6.24. The summed E-state index contributed by atoms with van der Waals surface area (Å²) in [6.07, 6.45) is 4.86. The van der Waals surface area contributed by atoms with Crippen LogP contribution in [-0.2, 0) is 20.1 Å². The topological polar surface area (TPSA) is 61.7 Å². The van der Waals surface area contributed by atoms with E-state index in [2.05, 4.69) is 34.7 Å². The van der Waals surface area contributed by atoms with Gasteiger partial charge in [0.1, 0.15) is 5.69 Å². The first kappa shape index (κ1) is 12.9. The summed E-state index contributed by atoms with van der Waals surface area (Å²) in [4.78, 5) is 9.18. The summed E-state index contributed by atoms with van der Waals surface area (Å²) in [5.41, 5.74) is 9.85. The third-order valence-corrected chi connectivity index (χ3v) is 3.43. The standard InChI is InChI=1S/C15H19N5/c1-3-6-20-14-5-4-11(8-16)7-12(14)18-15(20)13-9-19(2)10-17-13/h4-5,7,9-10H,3,6,8,16H2,1-2H3. The summed E-state index contributed by atoms with van der Waals surface area (Å²) < 4.78 is 4.17. The fraction of sp³-hybridized carbons (Fsp3) is 0.333. The maximum atomic E-state index is 5.71. The van der Waals surface area contributed by atoms with Gasteiger partial charge in [0.2, 0.25) is 0 Å². The van der Waals surface area contributed by atoms with Gasteiger partial charge in [0.25, 0.3) is 0 Å². The van der Waals surface area contributed by atoms with Crippen LogP contribution in [-0.4, -0.2) is 19.1 Å². The average molecular weight is 269 g/mol. The van der Waals surface area contributed by atoms with Gasteiger partial charge in [-0.1, -0.05) is 13.0 Å². The fourth-order valence-electron chi connectivity index (χ4n) is 2.48. The molecule has 0 aliphatic heterocycles. The van der Waals surface area contributed by atoms with Crippen molar-refractivity contribution in [2.75, 3.05) is 0 Å². The Hall–Kier alpha value is -2.14.